The molecule has 0 amide bonds. The lowest BCUT2D eigenvalue weighted by Gasteiger charge is -2.19. The Kier molecular flexibility index (Phi) is 3.23. The third-order valence-corrected chi connectivity index (χ3v) is 3.99. The van der Waals surface area contributed by atoms with Gasteiger partial charge in [0.05, 0.1) is 11.6 Å². The molecule has 0 saturated heterocycles. The van der Waals surface area contributed by atoms with E-state index in [1.165, 1.54) is 21.7 Å². The van der Waals surface area contributed by atoms with E-state index in [9.17, 15) is 5.26 Å². The van der Waals surface area contributed by atoms with Crippen molar-refractivity contribution in [3.63, 3.8) is 0 Å². The van der Waals surface area contributed by atoms with E-state index in [4.69, 9.17) is 0 Å². The van der Waals surface area contributed by atoms with Gasteiger partial charge in [-0.15, -0.1) is 0 Å². The largest absolute Gasteiger partial charge is 0.192 e. The van der Waals surface area contributed by atoms with Gasteiger partial charge in [-0.1, -0.05) is 69.0 Å². The monoisotopic (exact) mass is 271 g/mol. The molecule has 0 heterocycles. The molecule has 1 nitrogen and oxygen atoms in total. The van der Waals surface area contributed by atoms with Crippen molar-refractivity contribution in [2.75, 3.05) is 0 Å². The van der Waals surface area contributed by atoms with E-state index in [-0.39, 0.29) is 0 Å². The summed E-state index contributed by atoms with van der Waals surface area (Å²) in [6, 6.07) is 18.9. The molecule has 0 aliphatic rings. The number of hydrogen-bond donors (Lipinski definition) is 0. The second-order valence-corrected chi connectivity index (χ2v) is 5.62. The van der Waals surface area contributed by atoms with E-state index in [1.807, 2.05) is 12.1 Å². The highest BCUT2D eigenvalue weighted by atomic mass is 14.3. The fourth-order valence-electron chi connectivity index (χ4n) is 3.15. The number of rotatable bonds is 2. The minimum atomic E-state index is 0.333. The Balaban J connectivity index is 2.65. The molecule has 0 atom stereocenters. The second kappa shape index (κ2) is 5.07. The Bertz CT molecular complexity index is 895. The fraction of sp³-hybridized carbons (Fsp3) is 0.150. The third kappa shape index (κ3) is 2.00. The smallest absolute Gasteiger partial charge is 0.0991 e. The molecule has 0 unspecified atom stereocenters. The minimum absolute atomic E-state index is 0.333. The SMILES string of the molecule is C=C(C#N)c1c(C(C)C)c2ccccc2c2ccccc12. The zero-order chi connectivity index (χ0) is 15.0. The van der Waals surface area contributed by atoms with Gasteiger partial charge in [0.1, 0.15) is 0 Å². The molecule has 3 rings (SSSR count). The lowest BCUT2D eigenvalue weighted by Crippen LogP contribution is -1.99. The summed E-state index contributed by atoms with van der Waals surface area (Å²) in [4.78, 5) is 0. The van der Waals surface area contributed by atoms with Gasteiger partial charge in [0, 0.05) is 5.56 Å². The molecule has 1 heteroatoms. The molecule has 3 aromatic carbocycles. The predicted octanol–water partition coefficient (Wildman–Crippen LogP) is 5.65. The van der Waals surface area contributed by atoms with E-state index in [0.717, 1.165) is 10.9 Å². The van der Waals surface area contributed by atoms with Crippen LogP contribution in [0.4, 0.5) is 0 Å². The molecule has 21 heavy (non-hydrogen) atoms. The molecular weight excluding hydrogens is 254 g/mol. The summed E-state index contributed by atoms with van der Waals surface area (Å²) in [5.74, 6) is 0.333. The highest BCUT2D eigenvalue weighted by Gasteiger charge is 2.17. The van der Waals surface area contributed by atoms with Gasteiger partial charge in [0.25, 0.3) is 0 Å². The summed E-state index contributed by atoms with van der Waals surface area (Å²) in [5.41, 5.74) is 2.76. The average Bonchev–Trinajstić information content (AvgIpc) is 2.52. The Labute approximate surface area is 125 Å². The van der Waals surface area contributed by atoms with Gasteiger partial charge in [0.15, 0.2) is 0 Å². The van der Waals surface area contributed by atoms with Gasteiger partial charge in [-0.25, -0.2) is 0 Å². The number of hydrogen-bond acceptors (Lipinski definition) is 1. The van der Waals surface area contributed by atoms with Crippen molar-refractivity contribution in [1.29, 1.82) is 5.26 Å². The summed E-state index contributed by atoms with van der Waals surface area (Å²) in [6.07, 6.45) is 0. The Morgan fingerprint density at radius 2 is 1.38 bits per heavy atom. The van der Waals surface area contributed by atoms with Crippen molar-refractivity contribution >= 4 is 27.1 Å². The van der Waals surface area contributed by atoms with Crippen molar-refractivity contribution in [2.24, 2.45) is 0 Å². The van der Waals surface area contributed by atoms with Gasteiger partial charge in [-0.3, -0.25) is 0 Å². The van der Waals surface area contributed by atoms with Crippen molar-refractivity contribution in [3.8, 4) is 6.07 Å². The number of nitriles is 1. The molecular formula is C20H17N. The molecule has 0 saturated carbocycles. The van der Waals surface area contributed by atoms with Gasteiger partial charge in [-0.2, -0.15) is 5.26 Å². The highest BCUT2D eigenvalue weighted by molar-refractivity contribution is 6.14. The van der Waals surface area contributed by atoms with Crippen molar-refractivity contribution in [2.45, 2.75) is 19.8 Å². The van der Waals surface area contributed by atoms with Crippen LogP contribution in [0.5, 0.6) is 0 Å². The van der Waals surface area contributed by atoms with Crippen LogP contribution in [0.2, 0.25) is 0 Å². The zero-order valence-electron chi connectivity index (χ0n) is 12.4. The maximum absolute atomic E-state index is 9.38. The van der Waals surface area contributed by atoms with Crippen LogP contribution in [0.25, 0.3) is 27.1 Å². The summed E-state index contributed by atoms with van der Waals surface area (Å²) in [7, 11) is 0. The van der Waals surface area contributed by atoms with Crippen LogP contribution in [0, 0.1) is 11.3 Å². The Morgan fingerprint density at radius 1 is 0.905 bits per heavy atom. The first kappa shape index (κ1) is 13.4. The molecule has 0 fully saturated rings. The van der Waals surface area contributed by atoms with Gasteiger partial charge in [-0.05, 0) is 33.0 Å². The zero-order valence-corrected chi connectivity index (χ0v) is 12.4. The quantitative estimate of drug-likeness (QED) is 0.436. The maximum Gasteiger partial charge on any atom is 0.0991 e. The molecule has 0 spiro atoms. The summed E-state index contributed by atoms with van der Waals surface area (Å²) >= 11 is 0. The highest BCUT2D eigenvalue weighted by Crippen LogP contribution is 2.39. The van der Waals surface area contributed by atoms with Crippen LogP contribution >= 0.6 is 0 Å². The van der Waals surface area contributed by atoms with Crippen molar-refractivity contribution in [1.82, 2.24) is 0 Å². The van der Waals surface area contributed by atoms with Crippen LogP contribution in [0.3, 0.4) is 0 Å². The van der Waals surface area contributed by atoms with Gasteiger partial charge >= 0.3 is 0 Å². The standard InChI is InChI=1S/C20H17N/c1-13(2)19-17-10-6-4-8-15(17)16-9-5-7-11-18(16)20(19)14(3)12-21/h4-11,13H,3H2,1-2H3. The van der Waals surface area contributed by atoms with Crippen molar-refractivity contribution in [3.05, 3.63) is 66.2 Å². The molecule has 0 bridgehead atoms. The number of allylic oxidation sites excluding steroid dienone is 1. The first-order chi connectivity index (χ1) is 10.1. The van der Waals surface area contributed by atoms with Crippen LogP contribution in [-0.2, 0) is 0 Å². The fourth-order valence-corrected chi connectivity index (χ4v) is 3.15. The van der Waals surface area contributed by atoms with E-state index < -0.39 is 0 Å². The second-order valence-electron chi connectivity index (χ2n) is 5.62. The molecule has 0 N–H and O–H groups in total. The number of nitrogens with zero attached hydrogens (tertiary/aromatic N) is 1. The van der Waals surface area contributed by atoms with Gasteiger partial charge < -0.3 is 0 Å². The first-order valence-corrected chi connectivity index (χ1v) is 7.18. The van der Waals surface area contributed by atoms with E-state index in [2.05, 4.69) is 62.9 Å². The topological polar surface area (TPSA) is 23.8 Å². The molecule has 3 aromatic rings. The Hall–Kier alpha value is -2.59. The molecule has 0 aliphatic carbocycles. The van der Waals surface area contributed by atoms with Crippen LogP contribution in [0.1, 0.15) is 30.9 Å². The van der Waals surface area contributed by atoms with Crippen LogP contribution in [-0.4, -0.2) is 0 Å². The molecule has 102 valence electrons. The van der Waals surface area contributed by atoms with E-state index in [0.29, 0.717) is 11.5 Å². The molecule has 0 radical (unpaired) electrons. The van der Waals surface area contributed by atoms with Gasteiger partial charge in [0.2, 0.25) is 0 Å². The Morgan fingerprint density at radius 3 is 1.90 bits per heavy atom. The van der Waals surface area contributed by atoms with E-state index in [1.54, 1.807) is 0 Å². The van der Waals surface area contributed by atoms with E-state index >= 15 is 0 Å². The number of fused-ring (bicyclic) bond motifs is 3. The lowest BCUT2D eigenvalue weighted by atomic mass is 9.84. The number of benzene rings is 3. The van der Waals surface area contributed by atoms with Crippen LogP contribution < -0.4 is 0 Å². The maximum atomic E-state index is 9.38. The van der Waals surface area contributed by atoms with Crippen molar-refractivity contribution < 1.29 is 0 Å². The third-order valence-electron chi connectivity index (χ3n) is 3.99. The predicted molar refractivity (Wildman–Crippen MR) is 90.2 cm³/mol. The lowest BCUT2D eigenvalue weighted by molar-refractivity contribution is 0.875. The minimum Gasteiger partial charge on any atom is -0.192 e. The average molecular weight is 271 g/mol. The molecule has 0 aromatic heterocycles. The molecule has 0 aliphatic heterocycles. The van der Waals surface area contributed by atoms with Crippen LogP contribution in [0.15, 0.2) is 55.1 Å². The summed E-state index contributed by atoms with van der Waals surface area (Å²) in [5, 5.41) is 14.1. The summed E-state index contributed by atoms with van der Waals surface area (Å²) in [6.45, 7) is 8.32. The summed E-state index contributed by atoms with van der Waals surface area (Å²) < 4.78 is 0. The normalized spacial score (nSPS) is 11.0. The first-order valence-electron chi connectivity index (χ1n) is 7.18.